The van der Waals surface area contributed by atoms with Crippen molar-refractivity contribution in [1.82, 2.24) is 5.32 Å². The molecule has 0 saturated carbocycles. The van der Waals surface area contributed by atoms with Gasteiger partial charge in [0.25, 0.3) is 0 Å². The maximum absolute atomic E-state index is 5.13. The summed E-state index contributed by atoms with van der Waals surface area (Å²) in [5, 5.41) is 5.62. The highest BCUT2D eigenvalue weighted by molar-refractivity contribution is 7.10. The van der Waals surface area contributed by atoms with Crippen LogP contribution in [-0.4, -0.2) is 7.11 Å². The van der Waals surface area contributed by atoms with Gasteiger partial charge < -0.3 is 10.1 Å². The lowest BCUT2D eigenvalue weighted by Crippen LogP contribution is -2.16. The molecule has 0 saturated heterocycles. The van der Waals surface area contributed by atoms with Crippen LogP contribution in [0.2, 0.25) is 0 Å². The molecule has 1 aromatic carbocycles. The number of methoxy groups -OCH3 is 1. The van der Waals surface area contributed by atoms with Gasteiger partial charge in [-0.15, -0.1) is 11.3 Å². The molecule has 2 aromatic rings. The van der Waals surface area contributed by atoms with Gasteiger partial charge in [-0.05, 0) is 36.1 Å². The number of benzene rings is 1. The number of nitrogens with one attached hydrogen (secondary N) is 1. The second-order valence-electron chi connectivity index (χ2n) is 3.97. The molecule has 1 N–H and O–H groups in total. The van der Waals surface area contributed by atoms with E-state index in [-0.39, 0.29) is 0 Å². The Morgan fingerprint density at radius 2 is 2.00 bits per heavy atom. The Balaban J connectivity index is 1.89. The quantitative estimate of drug-likeness (QED) is 0.871. The second kappa shape index (κ2) is 5.84. The summed E-state index contributed by atoms with van der Waals surface area (Å²) in [4.78, 5) is 1.37. The van der Waals surface area contributed by atoms with Crippen molar-refractivity contribution in [2.45, 2.75) is 19.5 Å². The van der Waals surface area contributed by atoms with Crippen LogP contribution in [0.25, 0.3) is 0 Å². The summed E-state index contributed by atoms with van der Waals surface area (Å²) in [6.45, 7) is 3.07. The Bertz CT molecular complexity index is 436. The highest BCUT2D eigenvalue weighted by atomic mass is 32.1. The number of rotatable bonds is 5. The fourth-order valence-corrected chi connectivity index (χ4v) is 2.41. The molecule has 0 unspecified atom stereocenters. The molecule has 90 valence electrons. The lowest BCUT2D eigenvalue weighted by molar-refractivity contribution is 0.414. The molecule has 0 radical (unpaired) electrons. The van der Waals surface area contributed by atoms with E-state index >= 15 is 0 Å². The summed E-state index contributed by atoms with van der Waals surface area (Å²) in [5.74, 6) is 0.903. The Hall–Kier alpha value is -1.32. The molecule has 0 fully saturated rings. The SMILES string of the molecule is COc1ccc(CN[C@@H](C)c2cccs2)cc1. The van der Waals surface area contributed by atoms with E-state index in [1.165, 1.54) is 10.4 Å². The molecule has 2 rings (SSSR count). The highest BCUT2D eigenvalue weighted by Crippen LogP contribution is 2.19. The fourth-order valence-electron chi connectivity index (χ4n) is 1.65. The standard InChI is InChI=1S/C14H17NOS/c1-11(14-4-3-9-17-14)15-10-12-5-7-13(16-2)8-6-12/h3-9,11,15H,10H2,1-2H3/t11-/m0/s1. The topological polar surface area (TPSA) is 21.3 Å². The smallest absolute Gasteiger partial charge is 0.118 e. The summed E-state index contributed by atoms with van der Waals surface area (Å²) in [7, 11) is 1.69. The third-order valence-corrected chi connectivity index (χ3v) is 3.80. The average Bonchev–Trinajstić information content (AvgIpc) is 2.90. The van der Waals surface area contributed by atoms with Crippen LogP contribution in [0.4, 0.5) is 0 Å². The van der Waals surface area contributed by atoms with Gasteiger partial charge in [0.2, 0.25) is 0 Å². The van der Waals surface area contributed by atoms with Gasteiger partial charge in [0, 0.05) is 17.5 Å². The third-order valence-electron chi connectivity index (χ3n) is 2.74. The lowest BCUT2D eigenvalue weighted by atomic mass is 10.2. The zero-order chi connectivity index (χ0) is 12.1. The maximum atomic E-state index is 5.13. The monoisotopic (exact) mass is 247 g/mol. The first-order valence-corrected chi connectivity index (χ1v) is 6.57. The van der Waals surface area contributed by atoms with E-state index in [0.717, 1.165) is 12.3 Å². The number of hydrogen-bond donors (Lipinski definition) is 1. The van der Waals surface area contributed by atoms with Gasteiger partial charge in [-0.3, -0.25) is 0 Å². The Morgan fingerprint density at radius 1 is 1.24 bits per heavy atom. The van der Waals surface area contributed by atoms with Crippen LogP contribution in [0.3, 0.4) is 0 Å². The first kappa shape index (κ1) is 12.1. The summed E-state index contributed by atoms with van der Waals surface area (Å²) in [5.41, 5.74) is 1.27. The highest BCUT2D eigenvalue weighted by Gasteiger charge is 2.05. The van der Waals surface area contributed by atoms with Crippen molar-refractivity contribution in [3.05, 3.63) is 52.2 Å². The normalized spacial score (nSPS) is 12.4. The van der Waals surface area contributed by atoms with E-state index in [1.807, 2.05) is 12.1 Å². The van der Waals surface area contributed by atoms with Crippen LogP contribution in [0.5, 0.6) is 5.75 Å². The third kappa shape index (κ3) is 3.32. The van der Waals surface area contributed by atoms with Crippen molar-refractivity contribution in [3.63, 3.8) is 0 Å². The molecule has 0 aliphatic heterocycles. The Kier molecular flexibility index (Phi) is 4.18. The Morgan fingerprint density at radius 3 is 2.59 bits per heavy atom. The number of hydrogen-bond acceptors (Lipinski definition) is 3. The van der Waals surface area contributed by atoms with Gasteiger partial charge in [0.05, 0.1) is 7.11 Å². The van der Waals surface area contributed by atoms with Gasteiger partial charge in [-0.2, -0.15) is 0 Å². The molecule has 0 bridgehead atoms. The van der Waals surface area contributed by atoms with Crippen molar-refractivity contribution < 1.29 is 4.74 Å². The van der Waals surface area contributed by atoms with Gasteiger partial charge in [-0.25, -0.2) is 0 Å². The van der Waals surface area contributed by atoms with Crippen molar-refractivity contribution in [1.29, 1.82) is 0 Å². The molecule has 1 heterocycles. The molecule has 0 aliphatic carbocycles. The first-order valence-electron chi connectivity index (χ1n) is 5.69. The minimum atomic E-state index is 0.400. The van der Waals surface area contributed by atoms with E-state index in [4.69, 9.17) is 4.74 Å². The van der Waals surface area contributed by atoms with E-state index in [1.54, 1.807) is 18.4 Å². The molecule has 0 amide bonds. The van der Waals surface area contributed by atoms with Crippen molar-refractivity contribution >= 4 is 11.3 Å². The number of thiophene rings is 1. The predicted molar refractivity (Wildman–Crippen MR) is 72.6 cm³/mol. The molecule has 2 nitrogen and oxygen atoms in total. The minimum Gasteiger partial charge on any atom is -0.497 e. The Labute approximate surface area is 106 Å². The van der Waals surface area contributed by atoms with E-state index in [2.05, 4.69) is 41.9 Å². The molecule has 0 aliphatic rings. The van der Waals surface area contributed by atoms with Gasteiger partial charge >= 0.3 is 0 Å². The minimum absolute atomic E-state index is 0.400. The van der Waals surface area contributed by atoms with Crippen molar-refractivity contribution in [2.75, 3.05) is 7.11 Å². The molecule has 0 spiro atoms. The fraction of sp³-hybridized carbons (Fsp3) is 0.286. The lowest BCUT2D eigenvalue weighted by Gasteiger charge is -2.12. The average molecular weight is 247 g/mol. The number of ether oxygens (including phenoxy) is 1. The van der Waals surface area contributed by atoms with Crippen molar-refractivity contribution in [3.8, 4) is 5.75 Å². The van der Waals surface area contributed by atoms with Crippen molar-refractivity contribution in [2.24, 2.45) is 0 Å². The van der Waals surface area contributed by atoms with E-state index in [0.29, 0.717) is 6.04 Å². The van der Waals surface area contributed by atoms with Gasteiger partial charge in [0.15, 0.2) is 0 Å². The zero-order valence-corrected chi connectivity index (χ0v) is 11.0. The summed E-state index contributed by atoms with van der Waals surface area (Å²) in [6, 6.07) is 12.8. The maximum Gasteiger partial charge on any atom is 0.118 e. The van der Waals surface area contributed by atoms with E-state index in [9.17, 15) is 0 Å². The predicted octanol–water partition coefficient (Wildman–Crippen LogP) is 3.61. The van der Waals surface area contributed by atoms with Gasteiger partial charge in [-0.1, -0.05) is 18.2 Å². The molecule has 1 aromatic heterocycles. The molecule has 17 heavy (non-hydrogen) atoms. The summed E-state index contributed by atoms with van der Waals surface area (Å²) >= 11 is 1.79. The van der Waals surface area contributed by atoms with Crippen LogP contribution < -0.4 is 10.1 Å². The molecular formula is C14H17NOS. The van der Waals surface area contributed by atoms with E-state index < -0.39 is 0 Å². The second-order valence-corrected chi connectivity index (χ2v) is 4.95. The molecular weight excluding hydrogens is 230 g/mol. The first-order chi connectivity index (χ1) is 8.29. The zero-order valence-electron chi connectivity index (χ0n) is 10.1. The summed E-state index contributed by atoms with van der Waals surface area (Å²) in [6.07, 6.45) is 0. The van der Waals surface area contributed by atoms with Crippen LogP contribution >= 0.6 is 11.3 Å². The van der Waals surface area contributed by atoms with Crippen LogP contribution in [-0.2, 0) is 6.54 Å². The summed E-state index contributed by atoms with van der Waals surface area (Å²) < 4.78 is 5.13. The van der Waals surface area contributed by atoms with Crippen LogP contribution in [0.15, 0.2) is 41.8 Å². The van der Waals surface area contributed by atoms with Crippen LogP contribution in [0.1, 0.15) is 23.4 Å². The molecule has 1 atom stereocenters. The largest absolute Gasteiger partial charge is 0.497 e. The molecule has 3 heteroatoms. The van der Waals surface area contributed by atoms with Gasteiger partial charge in [0.1, 0.15) is 5.75 Å². The van der Waals surface area contributed by atoms with Crippen LogP contribution in [0, 0.1) is 0 Å².